The van der Waals surface area contributed by atoms with E-state index in [-0.39, 0.29) is 35.6 Å². The monoisotopic (exact) mass is 526 g/mol. The minimum absolute atomic E-state index is 0.00193. The number of amidine groups is 1. The molecule has 38 heavy (non-hydrogen) atoms. The van der Waals surface area contributed by atoms with Gasteiger partial charge in [-0.2, -0.15) is 13.2 Å². The number of hydrogen-bond donors (Lipinski definition) is 3. The van der Waals surface area contributed by atoms with Crippen molar-refractivity contribution in [2.45, 2.75) is 63.5 Å². The van der Waals surface area contributed by atoms with Crippen LogP contribution in [0.5, 0.6) is 0 Å². The highest BCUT2D eigenvalue weighted by Crippen LogP contribution is 2.40. The lowest BCUT2D eigenvalue weighted by molar-refractivity contribution is -0.138. The third-order valence-electron chi connectivity index (χ3n) is 8.17. The fourth-order valence-electron chi connectivity index (χ4n) is 5.50. The molecule has 1 amide bonds. The van der Waals surface area contributed by atoms with Gasteiger partial charge >= 0.3 is 6.18 Å². The Kier molecular flexibility index (Phi) is 6.81. The Labute approximate surface area is 220 Å². The minimum atomic E-state index is -4.58. The van der Waals surface area contributed by atoms with E-state index in [1.54, 1.807) is 31.3 Å². The first-order chi connectivity index (χ1) is 18.0. The third kappa shape index (κ3) is 4.82. The topological polar surface area (TPSA) is 86.5 Å². The van der Waals surface area contributed by atoms with Gasteiger partial charge in [-0.3, -0.25) is 20.5 Å². The summed E-state index contributed by atoms with van der Waals surface area (Å²) in [4.78, 5) is 18.5. The third-order valence-corrected chi connectivity index (χ3v) is 8.17. The lowest BCUT2D eigenvalue weighted by Gasteiger charge is -2.40. The summed E-state index contributed by atoms with van der Waals surface area (Å²) >= 11 is 0. The van der Waals surface area contributed by atoms with E-state index >= 15 is 0 Å². The number of amides is 1. The molecule has 2 aliphatic heterocycles. The average molecular weight is 527 g/mol. The van der Waals surface area contributed by atoms with Gasteiger partial charge in [-0.25, -0.2) is 0 Å². The van der Waals surface area contributed by atoms with Gasteiger partial charge in [0.25, 0.3) is 5.91 Å². The van der Waals surface area contributed by atoms with Crippen LogP contribution in [0.25, 0.3) is 0 Å². The molecule has 202 valence electrons. The minimum Gasteiger partial charge on any atom is -0.323 e. The summed E-state index contributed by atoms with van der Waals surface area (Å²) < 4.78 is 42.4. The van der Waals surface area contributed by atoms with Gasteiger partial charge in [-0.05, 0) is 73.6 Å². The zero-order valence-corrected chi connectivity index (χ0v) is 21.7. The first-order valence-corrected chi connectivity index (χ1v) is 13.0. The van der Waals surface area contributed by atoms with E-state index in [1.807, 2.05) is 6.07 Å². The van der Waals surface area contributed by atoms with E-state index in [0.29, 0.717) is 11.3 Å². The van der Waals surface area contributed by atoms with Gasteiger partial charge in [0.2, 0.25) is 0 Å². The predicted octanol–water partition coefficient (Wildman–Crippen LogP) is 5.16. The summed E-state index contributed by atoms with van der Waals surface area (Å²) in [6.45, 7) is 3.80. The predicted molar refractivity (Wildman–Crippen MR) is 141 cm³/mol. The maximum atomic E-state index is 14.1. The number of rotatable bonds is 8. The Morgan fingerprint density at radius 3 is 2.53 bits per heavy atom. The maximum absolute atomic E-state index is 14.1. The molecule has 0 aromatic heterocycles. The Morgan fingerprint density at radius 1 is 1.21 bits per heavy atom. The van der Waals surface area contributed by atoms with Crippen LogP contribution in [0.1, 0.15) is 71.3 Å². The molecule has 1 aliphatic carbocycles. The number of nitrogens with one attached hydrogen (secondary N) is 3. The molecule has 3 N–H and O–H groups in total. The fourth-order valence-corrected chi connectivity index (χ4v) is 5.50. The van der Waals surface area contributed by atoms with Crippen molar-refractivity contribution in [3.05, 3.63) is 64.2 Å². The highest BCUT2D eigenvalue weighted by atomic mass is 19.4. The fraction of sp³-hybridized carbons (Fsp3) is 0.464. The number of nitrogens with zero attached hydrogens (tertiary/aromatic N) is 3. The SMILES string of the molecule is CN(C=N)C(=N)[C@@H](c1cccc(N2Cc3c(cc(CNC4(C)CCC4)cc3C(F)(F)F)C2=O)c1)N1CCC1. The number of carbonyl (C=O) groups excluding carboxylic acids is 1. The van der Waals surface area contributed by atoms with Gasteiger partial charge in [-0.1, -0.05) is 12.1 Å². The van der Waals surface area contributed by atoms with Crippen LogP contribution in [-0.4, -0.2) is 53.6 Å². The lowest BCUT2D eigenvalue weighted by Crippen LogP contribution is -2.47. The number of benzene rings is 2. The molecule has 0 unspecified atom stereocenters. The first kappa shape index (κ1) is 26.4. The van der Waals surface area contributed by atoms with E-state index in [1.165, 1.54) is 15.9 Å². The molecule has 5 rings (SSSR count). The van der Waals surface area contributed by atoms with Gasteiger partial charge < -0.3 is 15.1 Å². The zero-order valence-electron chi connectivity index (χ0n) is 21.7. The summed E-state index contributed by atoms with van der Waals surface area (Å²) in [6, 6.07) is 9.50. The van der Waals surface area contributed by atoms with Gasteiger partial charge in [0.1, 0.15) is 5.84 Å². The van der Waals surface area contributed by atoms with Crippen molar-refractivity contribution in [1.82, 2.24) is 15.1 Å². The number of anilines is 1. The number of likely N-dealkylation sites (tertiary alicyclic amines) is 1. The number of likely N-dealkylation sites (N-methyl/N-ethyl adjacent to an activating group) is 1. The van der Waals surface area contributed by atoms with Gasteiger partial charge in [0.05, 0.1) is 24.5 Å². The zero-order chi connectivity index (χ0) is 27.2. The Hall–Kier alpha value is -3.24. The normalized spacial score (nSPS) is 19.4. The molecular formula is C28H33F3N6O. The Bertz CT molecular complexity index is 1270. The molecule has 0 spiro atoms. The van der Waals surface area contributed by atoms with Crippen LogP contribution in [-0.2, 0) is 19.3 Å². The summed E-state index contributed by atoms with van der Waals surface area (Å²) in [7, 11) is 1.64. The summed E-state index contributed by atoms with van der Waals surface area (Å²) in [6.07, 6.45) is 0.582. The van der Waals surface area contributed by atoms with Crippen LogP contribution in [0.4, 0.5) is 18.9 Å². The molecule has 0 bridgehead atoms. The summed E-state index contributed by atoms with van der Waals surface area (Å²) in [5, 5.41) is 19.5. The molecule has 10 heteroatoms. The molecule has 1 saturated heterocycles. The average Bonchev–Trinajstić information content (AvgIpc) is 3.17. The van der Waals surface area contributed by atoms with Crippen LogP contribution in [0, 0.1) is 10.8 Å². The molecule has 2 aromatic rings. The second-order valence-electron chi connectivity index (χ2n) is 10.8. The van der Waals surface area contributed by atoms with Crippen LogP contribution in [0.2, 0.25) is 0 Å². The second-order valence-corrected chi connectivity index (χ2v) is 10.8. The van der Waals surface area contributed by atoms with Crippen LogP contribution >= 0.6 is 0 Å². The van der Waals surface area contributed by atoms with Gasteiger partial charge in [0.15, 0.2) is 0 Å². The summed E-state index contributed by atoms with van der Waals surface area (Å²) in [5.41, 5.74) is 0.979. The highest BCUT2D eigenvalue weighted by molar-refractivity contribution is 6.10. The quantitative estimate of drug-likeness (QED) is 0.328. The number of carbonyl (C=O) groups is 1. The highest BCUT2D eigenvalue weighted by Gasteiger charge is 2.41. The second kappa shape index (κ2) is 9.81. The van der Waals surface area contributed by atoms with E-state index in [0.717, 1.165) is 50.7 Å². The molecule has 1 atom stereocenters. The van der Waals surface area contributed by atoms with Gasteiger partial charge in [0, 0.05) is 43.5 Å². The van der Waals surface area contributed by atoms with Crippen molar-refractivity contribution < 1.29 is 18.0 Å². The van der Waals surface area contributed by atoms with E-state index in [9.17, 15) is 18.0 Å². The maximum Gasteiger partial charge on any atom is 0.416 e. The Morgan fingerprint density at radius 2 is 1.95 bits per heavy atom. The molecule has 2 fully saturated rings. The number of fused-ring (bicyclic) bond motifs is 1. The number of hydrogen-bond acceptors (Lipinski definition) is 5. The molecular weight excluding hydrogens is 493 g/mol. The molecule has 7 nitrogen and oxygen atoms in total. The first-order valence-electron chi connectivity index (χ1n) is 13.0. The van der Waals surface area contributed by atoms with E-state index in [4.69, 9.17) is 10.8 Å². The summed E-state index contributed by atoms with van der Waals surface area (Å²) in [5.74, 6) is -0.226. The van der Waals surface area contributed by atoms with Crippen LogP contribution < -0.4 is 10.2 Å². The smallest absolute Gasteiger partial charge is 0.323 e. The standard InChI is InChI=1S/C28H33F3N6O/c1-27(8-4-9-27)34-15-18-12-21-22(23(13-18)28(29,30)31)16-37(26(21)38)20-7-3-6-19(14-20)24(36-10-5-11-36)25(33)35(2)17-32/h3,6-7,12-14,17,24,32-34H,4-5,8-11,15-16H2,1-2H3/t24-/m1/s1. The molecule has 1 saturated carbocycles. The van der Waals surface area contributed by atoms with Crippen molar-refractivity contribution >= 4 is 23.8 Å². The molecule has 0 radical (unpaired) electrons. The van der Waals surface area contributed by atoms with Crippen LogP contribution in [0.3, 0.4) is 0 Å². The van der Waals surface area contributed by atoms with E-state index in [2.05, 4.69) is 17.1 Å². The number of alkyl halides is 3. The van der Waals surface area contributed by atoms with Crippen molar-refractivity contribution in [2.75, 3.05) is 25.0 Å². The Balaban J connectivity index is 1.46. The van der Waals surface area contributed by atoms with Crippen molar-refractivity contribution in [1.29, 1.82) is 10.8 Å². The van der Waals surface area contributed by atoms with Crippen LogP contribution in [0.15, 0.2) is 36.4 Å². The number of halogens is 3. The van der Waals surface area contributed by atoms with Crippen molar-refractivity contribution in [3.8, 4) is 0 Å². The largest absolute Gasteiger partial charge is 0.416 e. The van der Waals surface area contributed by atoms with Gasteiger partial charge in [-0.15, -0.1) is 0 Å². The van der Waals surface area contributed by atoms with Crippen molar-refractivity contribution in [3.63, 3.8) is 0 Å². The molecule has 3 aliphatic rings. The lowest BCUT2D eigenvalue weighted by atomic mass is 9.78. The molecule has 2 aromatic carbocycles. The molecule has 2 heterocycles. The van der Waals surface area contributed by atoms with E-state index < -0.39 is 23.7 Å². The van der Waals surface area contributed by atoms with Crippen molar-refractivity contribution in [2.24, 2.45) is 0 Å².